The van der Waals surface area contributed by atoms with Crippen LogP contribution in [0.3, 0.4) is 0 Å². The maximum atomic E-state index is 13.0. The predicted octanol–water partition coefficient (Wildman–Crippen LogP) is 4.38. The lowest BCUT2D eigenvalue weighted by molar-refractivity contribution is -0.119. The topological polar surface area (TPSA) is 63.9 Å². The number of rotatable bonds is 4. The number of carbonyl (C=O) groups is 1. The van der Waals surface area contributed by atoms with Gasteiger partial charge in [-0.2, -0.15) is 4.80 Å². The standard InChI is InChI=1S/C22H25N5OS/c1-15(2)17-8-10-18(11-9-17)22-23-25-27(24-22)14-21(28)26-13-12-16(3)29-20-7-5-4-6-19(20)26/h4-11,15-16H,12-14H2,1-3H3/t16-/m0/s1. The number of amides is 1. The third-order valence-electron chi connectivity index (χ3n) is 5.11. The zero-order valence-electron chi connectivity index (χ0n) is 16.9. The first-order valence-electron chi connectivity index (χ1n) is 9.95. The second kappa shape index (κ2) is 8.37. The van der Waals surface area contributed by atoms with Crippen LogP contribution in [0.25, 0.3) is 11.4 Å². The average molecular weight is 408 g/mol. The van der Waals surface area contributed by atoms with E-state index in [4.69, 9.17) is 0 Å². The number of nitrogens with zero attached hydrogens (tertiary/aromatic N) is 5. The summed E-state index contributed by atoms with van der Waals surface area (Å²) in [6.07, 6.45) is 0.948. The van der Waals surface area contributed by atoms with Gasteiger partial charge in [0.1, 0.15) is 6.54 Å². The molecule has 1 amide bonds. The fourth-order valence-corrected chi connectivity index (χ4v) is 4.51. The molecule has 0 fully saturated rings. The summed E-state index contributed by atoms with van der Waals surface area (Å²) in [7, 11) is 0. The minimum absolute atomic E-state index is 0.0220. The second-order valence-electron chi connectivity index (χ2n) is 7.65. The SMILES string of the molecule is CC(C)c1ccc(-c2nnn(CC(=O)N3CC[C@H](C)Sc4ccccc43)n2)cc1. The van der Waals surface area contributed by atoms with E-state index in [0.717, 1.165) is 22.6 Å². The van der Waals surface area contributed by atoms with Gasteiger partial charge in [-0.25, -0.2) is 0 Å². The molecular formula is C22H25N5OS. The van der Waals surface area contributed by atoms with Crippen LogP contribution in [0.4, 0.5) is 5.69 Å². The minimum atomic E-state index is -0.0220. The van der Waals surface area contributed by atoms with Gasteiger partial charge >= 0.3 is 0 Å². The van der Waals surface area contributed by atoms with Crippen LogP contribution in [0.5, 0.6) is 0 Å². The van der Waals surface area contributed by atoms with Crippen LogP contribution >= 0.6 is 11.8 Å². The maximum absolute atomic E-state index is 13.0. The molecule has 0 bridgehead atoms. The van der Waals surface area contributed by atoms with Gasteiger partial charge in [-0.1, -0.05) is 57.2 Å². The monoisotopic (exact) mass is 407 g/mol. The molecule has 1 atom stereocenters. The van der Waals surface area contributed by atoms with Crippen molar-refractivity contribution in [3.63, 3.8) is 0 Å². The lowest BCUT2D eigenvalue weighted by Crippen LogP contribution is -2.35. The van der Waals surface area contributed by atoms with Crippen molar-refractivity contribution in [3.8, 4) is 11.4 Å². The Hall–Kier alpha value is -2.67. The van der Waals surface area contributed by atoms with Gasteiger partial charge in [-0.15, -0.1) is 22.0 Å². The molecule has 0 unspecified atom stereocenters. The van der Waals surface area contributed by atoms with Gasteiger partial charge in [0.25, 0.3) is 5.91 Å². The second-order valence-corrected chi connectivity index (χ2v) is 9.13. The van der Waals surface area contributed by atoms with E-state index in [1.165, 1.54) is 10.4 Å². The Morgan fingerprint density at radius 2 is 1.93 bits per heavy atom. The molecule has 0 spiro atoms. The summed E-state index contributed by atoms with van der Waals surface area (Å²) in [6, 6.07) is 16.2. The summed E-state index contributed by atoms with van der Waals surface area (Å²) in [6.45, 7) is 7.29. The van der Waals surface area contributed by atoms with Crippen molar-refractivity contribution in [1.82, 2.24) is 20.2 Å². The van der Waals surface area contributed by atoms with E-state index in [1.54, 1.807) is 0 Å². The molecule has 29 heavy (non-hydrogen) atoms. The molecule has 7 heteroatoms. The Balaban J connectivity index is 1.51. The molecule has 1 aromatic heterocycles. The van der Waals surface area contributed by atoms with Gasteiger partial charge in [0.2, 0.25) is 5.82 Å². The van der Waals surface area contributed by atoms with Crippen LogP contribution in [0.2, 0.25) is 0 Å². The van der Waals surface area contributed by atoms with Gasteiger partial charge in [0.15, 0.2) is 0 Å². The molecule has 0 saturated carbocycles. The van der Waals surface area contributed by atoms with Gasteiger partial charge in [-0.05, 0) is 35.2 Å². The van der Waals surface area contributed by atoms with Crippen LogP contribution in [0, 0.1) is 0 Å². The highest BCUT2D eigenvalue weighted by molar-refractivity contribution is 8.00. The molecule has 2 aromatic carbocycles. The van der Waals surface area contributed by atoms with E-state index >= 15 is 0 Å². The van der Waals surface area contributed by atoms with Crippen molar-refractivity contribution in [1.29, 1.82) is 0 Å². The smallest absolute Gasteiger partial charge is 0.250 e. The van der Waals surface area contributed by atoms with Crippen LogP contribution in [-0.2, 0) is 11.3 Å². The van der Waals surface area contributed by atoms with Crippen LogP contribution in [0.1, 0.15) is 38.7 Å². The number of aromatic nitrogens is 4. The molecule has 1 aliphatic rings. The normalized spacial score (nSPS) is 16.6. The Kier molecular flexibility index (Phi) is 5.67. The van der Waals surface area contributed by atoms with Gasteiger partial charge < -0.3 is 4.90 Å². The fourth-order valence-electron chi connectivity index (χ4n) is 3.40. The first-order chi connectivity index (χ1) is 14.0. The third kappa shape index (κ3) is 4.34. The Labute approximate surface area is 175 Å². The molecule has 0 N–H and O–H groups in total. The summed E-state index contributed by atoms with van der Waals surface area (Å²) in [5, 5.41) is 13.1. The quantitative estimate of drug-likeness (QED) is 0.642. The highest BCUT2D eigenvalue weighted by Crippen LogP contribution is 2.37. The average Bonchev–Trinajstić information content (AvgIpc) is 3.10. The zero-order chi connectivity index (χ0) is 20.4. The van der Waals surface area contributed by atoms with Crippen molar-refractivity contribution < 1.29 is 4.79 Å². The molecule has 6 nitrogen and oxygen atoms in total. The first-order valence-corrected chi connectivity index (χ1v) is 10.8. The van der Waals surface area contributed by atoms with E-state index < -0.39 is 0 Å². The van der Waals surface area contributed by atoms with Crippen LogP contribution < -0.4 is 4.90 Å². The number of thioether (sulfide) groups is 1. The summed E-state index contributed by atoms with van der Waals surface area (Å²) in [4.78, 5) is 17.4. The molecule has 0 aliphatic carbocycles. The van der Waals surface area contributed by atoms with Gasteiger partial charge in [-0.3, -0.25) is 4.79 Å². The molecule has 0 saturated heterocycles. The Morgan fingerprint density at radius 3 is 2.69 bits per heavy atom. The minimum Gasteiger partial charge on any atom is -0.310 e. The number of benzene rings is 2. The fraction of sp³-hybridized carbons (Fsp3) is 0.364. The molecule has 0 radical (unpaired) electrons. The highest BCUT2D eigenvalue weighted by Gasteiger charge is 2.24. The van der Waals surface area contributed by atoms with Crippen molar-refractivity contribution in [3.05, 3.63) is 54.1 Å². The largest absolute Gasteiger partial charge is 0.310 e. The number of tetrazole rings is 1. The molecular weight excluding hydrogens is 382 g/mol. The number of fused-ring (bicyclic) bond motifs is 1. The summed E-state index contributed by atoms with van der Waals surface area (Å²) in [5.74, 6) is 0.988. The number of carbonyl (C=O) groups excluding carboxylic acids is 1. The Bertz CT molecular complexity index is 998. The van der Waals surface area contributed by atoms with Crippen LogP contribution in [0.15, 0.2) is 53.4 Å². The molecule has 3 aromatic rings. The number of anilines is 1. The van der Waals surface area contributed by atoms with Crippen molar-refractivity contribution in [2.24, 2.45) is 0 Å². The highest BCUT2D eigenvalue weighted by atomic mass is 32.2. The van der Waals surface area contributed by atoms with E-state index in [0.29, 0.717) is 23.5 Å². The molecule has 2 heterocycles. The van der Waals surface area contributed by atoms with Crippen molar-refractivity contribution in [2.75, 3.05) is 11.4 Å². The summed E-state index contributed by atoms with van der Waals surface area (Å²) in [5.41, 5.74) is 3.14. The van der Waals surface area contributed by atoms with E-state index in [2.05, 4.69) is 54.4 Å². The summed E-state index contributed by atoms with van der Waals surface area (Å²) >= 11 is 1.82. The van der Waals surface area contributed by atoms with Gasteiger partial charge in [0.05, 0.1) is 5.69 Å². The Morgan fingerprint density at radius 1 is 1.17 bits per heavy atom. The first kappa shape index (κ1) is 19.6. The van der Waals surface area contributed by atoms with Gasteiger partial charge in [0, 0.05) is 22.3 Å². The van der Waals surface area contributed by atoms with Crippen LogP contribution in [-0.4, -0.2) is 37.9 Å². The molecule has 150 valence electrons. The van der Waals surface area contributed by atoms with E-state index in [1.807, 2.05) is 47.0 Å². The van der Waals surface area contributed by atoms with Crippen molar-refractivity contribution >= 4 is 23.4 Å². The lowest BCUT2D eigenvalue weighted by atomic mass is 10.0. The number of para-hydroxylation sites is 1. The summed E-state index contributed by atoms with van der Waals surface area (Å²) < 4.78 is 0. The number of hydrogen-bond acceptors (Lipinski definition) is 5. The predicted molar refractivity (Wildman–Crippen MR) is 116 cm³/mol. The van der Waals surface area contributed by atoms with E-state index in [-0.39, 0.29) is 12.5 Å². The molecule has 1 aliphatic heterocycles. The lowest BCUT2D eigenvalue weighted by Gasteiger charge is -2.22. The zero-order valence-corrected chi connectivity index (χ0v) is 17.8. The molecule has 4 rings (SSSR count). The van der Waals surface area contributed by atoms with Crippen molar-refractivity contribution in [2.45, 2.75) is 49.8 Å². The number of hydrogen-bond donors (Lipinski definition) is 0. The maximum Gasteiger partial charge on any atom is 0.250 e. The third-order valence-corrected chi connectivity index (χ3v) is 6.35. The van der Waals surface area contributed by atoms with E-state index in [9.17, 15) is 4.79 Å².